The number of fused-ring (bicyclic) bond motifs is 1. The highest BCUT2D eigenvalue weighted by Gasteiger charge is 2.27. The van der Waals surface area contributed by atoms with Crippen molar-refractivity contribution >= 4 is 22.5 Å². The summed E-state index contributed by atoms with van der Waals surface area (Å²) >= 11 is 0. The van der Waals surface area contributed by atoms with Gasteiger partial charge in [0, 0.05) is 12.1 Å². The van der Waals surface area contributed by atoms with Gasteiger partial charge in [0.05, 0.1) is 22.2 Å². The molecular weight excluding hydrogens is 321 g/mol. The summed E-state index contributed by atoms with van der Waals surface area (Å²) < 4.78 is 36.8. The van der Waals surface area contributed by atoms with Gasteiger partial charge >= 0.3 is 6.18 Å². The summed E-state index contributed by atoms with van der Waals surface area (Å²) in [6.45, 7) is -2.20. The van der Waals surface area contributed by atoms with Crippen LogP contribution >= 0.6 is 0 Å². The molecule has 0 fully saturated rings. The molecule has 11 heteroatoms. The summed E-state index contributed by atoms with van der Waals surface area (Å²) in [4.78, 5) is 37.4. The number of nitrogens with one attached hydrogen (secondary N) is 1. The lowest BCUT2D eigenvalue weighted by Crippen LogP contribution is -2.37. The molecule has 0 unspecified atom stereocenters. The van der Waals surface area contributed by atoms with Gasteiger partial charge in [0.1, 0.15) is 13.1 Å². The molecule has 0 aliphatic rings. The zero-order valence-corrected chi connectivity index (χ0v) is 11.3. The van der Waals surface area contributed by atoms with Gasteiger partial charge in [-0.05, 0) is 6.07 Å². The predicted octanol–water partition coefficient (Wildman–Crippen LogP) is 0.983. The number of aromatic nitrogens is 2. The van der Waals surface area contributed by atoms with Crippen LogP contribution in [0.1, 0.15) is 0 Å². The Bertz CT molecular complexity index is 831. The third-order valence-electron chi connectivity index (χ3n) is 2.82. The van der Waals surface area contributed by atoms with Crippen molar-refractivity contribution < 1.29 is 22.9 Å². The van der Waals surface area contributed by atoms with Crippen LogP contribution in [-0.2, 0) is 11.3 Å². The molecule has 23 heavy (non-hydrogen) atoms. The fraction of sp³-hybridized carbons (Fsp3) is 0.250. The summed E-state index contributed by atoms with van der Waals surface area (Å²) in [7, 11) is 0. The van der Waals surface area contributed by atoms with E-state index in [0.717, 1.165) is 23.0 Å². The molecule has 2 aromatic rings. The van der Waals surface area contributed by atoms with Crippen molar-refractivity contribution in [3.8, 4) is 0 Å². The molecule has 1 amide bonds. The molecule has 0 radical (unpaired) electrons. The Morgan fingerprint density at radius 1 is 1.39 bits per heavy atom. The summed E-state index contributed by atoms with van der Waals surface area (Å²) in [5, 5.41) is 12.2. The van der Waals surface area contributed by atoms with Crippen molar-refractivity contribution in [2.45, 2.75) is 12.7 Å². The number of carbonyl (C=O) groups excluding carboxylic acids is 1. The van der Waals surface area contributed by atoms with Gasteiger partial charge in [-0.2, -0.15) is 13.2 Å². The zero-order chi connectivity index (χ0) is 17.2. The summed E-state index contributed by atoms with van der Waals surface area (Å²) in [6.07, 6.45) is -3.58. The van der Waals surface area contributed by atoms with Crippen LogP contribution in [0.3, 0.4) is 0 Å². The van der Waals surface area contributed by atoms with Gasteiger partial charge in [-0.25, -0.2) is 4.98 Å². The van der Waals surface area contributed by atoms with E-state index in [1.165, 1.54) is 6.07 Å². The van der Waals surface area contributed by atoms with Gasteiger partial charge < -0.3 is 5.32 Å². The van der Waals surface area contributed by atoms with Crippen LogP contribution in [0.15, 0.2) is 29.3 Å². The molecule has 1 aromatic heterocycles. The largest absolute Gasteiger partial charge is 0.405 e. The van der Waals surface area contributed by atoms with E-state index >= 15 is 0 Å². The number of rotatable bonds is 4. The number of halogens is 3. The Morgan fingerprint density at radius 3 is 2.70 bits per heavy atom. The molecule has 122 valence electrons. The Kier molecular flexibility index (Phi) is 4.29. The van der Waals surface area contributed by atoms with Crippen LogP contribution in [0.5, 0.6) is 0 Å². The number of benzene rings is 1. The Labute approximate surface area is 125 Å². The van der Waals surface area contributed by atoms with E-state index in [1.807, 2.05) is 0 Å². The highest BCUT2D eigenvalue weighted by Crippen LogP contribution is 2.16. The van der Waals surface area contributed by atoms with Crippen molar-refractivity contribution in [1.82, 2.24) is 14.9 Å². The van der Waals surface area contributed by atoms with Gasteiger partial charge in [0.2, 0.25) is 5.91 Å². The molecule has 0 bridgehead atoms. The second-order valence-electron chi connectivity index (χ2n) is 4.53. The lowest BCUT2D eigenvalue weighted by Gasteiger charge is -2.09. The van der Waals surface area contributed by atoms with E-state index in [0.29, 0.717) is 0 Å². The van der Waals surface area contributed by atoms with Crippen LogP contribution in [0.25, 0.3) is 10.9 Å². The molecule has 1 N–H and O–H groups in total. The highest BCUT2D eigenvalue weighted by atomic mass is 19.4. The maximum Gasteiger partial charge on any atom is 0.405 e. The number of carbonyl (C=O) groups is 1. The van der Waals surface area contributed by atoms with Crippen molar-refractivity contribution in [2.75, 3.05) is 6.54 Å². The molecular formula is C12H9F3N4O4. The molecule has 0 saturated heterocycles. The van der Waals surface area contributed by atoms with E-state index < -0.39 is 35.7 Å². The number of alkyl halides is 3. The minimum Gasteiger partial charge on any atom is -0.345 e. The molecule has 0 aliphatic heterocycles. The fourth-order valence-electron chi connectivity index (χ4n) is 1.78. The van der Waals surface area contributed by atoms with E-state index in [9.17, 15) is 32.9 Å². The summed E-state index contributed by atoms with van der Waals surface area (Å²) in [5.41, 5.74) is -0.927. The Hall–Kier alpha value is -2.98. The molecule has 1 heterocycles. The number of nitro groups is 1. The van der Waals surface area contributed by atoms with Gasteiger partial charge in [-0.1, -0.05) is 0 Å². The Balaban J connectivity index is 2.28. The topological polar surface area (TPSA) is 107 Å². The number of hydrogen-bond donors (Lipinski definition) is 1. The van der Waals surface area contributed by atoms with E-state index in [2.05, 4.69) is 4.98 Å². The van der Waals surface area contributed by atoms with E-state index in [-0.39, 0.29) is 16.6 Å². The average Bonchev–Trinajstić information content (AvgIpc) is 2.47. The first kappa shape index (κ1) is 16.4. The molecule has 0 aliphatic carbocycles. The number of nitrogens with zero attached hydrogens (tertiary/aromatic N) is 3. The molecule has 0 saturated carbocycles. The minimum atomic E-state index is -4.57. The first-order valence-electron chi connectivity index (χ1n) is 6.14. The minimum absolute atomic E-state index is 0.106. The van der Waals surface area contributed by atoms with Crippen molar-refractivity contribution in [1.29, 1.82) is 0 Å². The highest BCUT2D eigenvalue weighted by molar-refractivity contribution is 5.80. The van der Waals surface area contributed by atoms with Crippen molar-refractivity contribution in [3.63, 3.8) is 0 Å². The van der Waals surface area contributed by atoms with Crippen molar-refractivity contribution in [2.24, 2.45) is 0 Å². The average molecular weight is 330 g/mol. The van der Waals surface area contributed by atoms with Crippen LogP contribution in [-0.4, -0.2) is 33.1 Å². The number of amides is 1. The predicted molar refractivity (Wildman–Crippen MR) is 71.7 cm³/mol. The maximum absolute atomic E-state index is 12.1. The van der Waals surface area contributed by atoms with Gasteiger partial charge in [-0.3, -0.25) is 24.3 Å². The van der Waals surface area contributed by atoms with Crippen molar-refractivity contribution in [3.05, 3.63) is 45.0 Å². The fourth-order valence-corrected chi connectivity index (χ4v) is 1.78. The number of hydrogen-bond acceptors (Lipinski definition) is 5. The molecule has 0 atom stereocenters. The SMILES string of the molecule is O=C(Cn1cnc2ccc([N+](=O)[O-])cc2c1=O)NCC(F)(F)F. The lowest BCUT2D eigenvalue weighted by atomic mass is 10.2. The third-order valence-corrected chi connectivity index (χ3v) is 2.82. The van der Waals surface area contributed by atoms with Gasteiger partial charge in [-0.15, -0.1) is 0 Å². The van der Waals surface area contributed by atoms with E-state index in [4.69, 9.17) is 0 Å². The second kappa shape index (κ2) is 6.02. The zero-order valence-electron chi connectivity index (χ0n) is 11.3. The standard InChI is InChI=1S/C12H9F3N4O4/c13-12(14,15)5-16-10(20)4-18-6-17-9-2-1-7(19(22)23)3-8(9)11(18)21/h1-3,6H,4-5H2,(H,16,20). The lowest BCUT2D eigenvalue weighted by molar-refractivity contribution is -0.384. The molecule has 0 spiro atoms. The first-order chi connectivity index (χ1) is 10.7. The monoisotopic (exact) mass is 330 g/mol. The quantitative estimate of drug-likeness (QED) is 0.664. The number of non-ortho nitro benzene ring substituents is 1. The van der Waals surface area contributed by atoms with Crippen LogP contribution in [0, 0.1) is 10.1 Å². The van der Waals surface area contributed by atoms with E-state index in [1.54, 1.807) is 5.32 Å². The number of nitro benzene ring substituents is 1. The summed E-state index contributed by atoms with van der Waals surface area (Å²) in [5.74, 6) is -1.03. The second-order valence-corrected chi connectivity index (χ2v) is 4.53. The Morgan fingerprint density at radius 2 is 2.09 bits per heavy atom. The third kappa shape index (κ3) is 4.02. The maximum atomic E-state index is 12.1. The van der Waals surface area contributed by atoms with Crippen LogP contribution < -0.4 is 10.9 Å². The smallest absolute Gasteiger partial charge is 0.345 e. The van der Waals surface area contributed by atoms with Gasteiger partial charge in [0.25, 0.3) is 11.2 Å². The summed E-state index contributed by atoms with van der Waals surface area (Å²) in [6, 6.07) is 3.42. The molecule has 8 nitrogen and oxygen atoms in total. The normalized spacial score (nSPS) is 11.4. The van der Waals surface area contributed by atoms with Crippen LogP contribution in [0.2, 0.25) is 0 Å². The first-order valence-corrected chi connectivity index (χ1v) is 6.14. The molecule has 2 rings (SSSR count). The van der Waals surface area contributed by atoms with Crippen LogP contribution in [0.4, 0.5) is 18.9 Å². The van der Waals surface area contributed by atoms with Gasteiger partial charge in [0.15, 0.2) is 0 Å². The molecule has 1 aromatic carbocycles.